The van der Waals surface area contributed by atoms with Crippen molar-refractivity contribution in [2.24, 2.45) is 5.92 Å². The lowest BCUT2D eigenvalue weighted by atomic mass is 9.93. The first kappa shape index (κ1) is 12.8. The zero-order chi connectivity index (χ0) is 12.8. The number of carbonyl (C=O) groups is 1. The Labute approximate surface area is 98.3 Å². The molecule has 0 aromatic carbocycles. The zero-order valence-corrected chi connectivity index (χ0v) is 9.47. The van der Waals surface area contributed by atoms with Crippen LogP contribution >= 0.6 is 0 Å². The summed E-state index contributed by atoms with van der Waals surface area (Å²) in [4.78, 5) is 21.3. The van der Waals surface area contributed by atoms with Crippen LogP contribution in [0.15, 0.2) is 41.4 Å². The highest BCUT2D eigenvalue weighted by molar-refractivity contribution is 5.80. The summed E-state index contributed by atoms with van der Waals surface area (Å²) in [5.41, 5.74) is 0.212. The number of hydrogen-bond acceptors (Lipinski definition) is 4. The number of carbonyl (C=O) groups excluding carboxylic acids is 1. The van der Waals surface area contributed by atoms with E-state index in [1.165, 1.54) is 20.3 Å². The molecule has 0 spiro atoms. The van der Waals surface area contributed by atoms with Gasteiger partial charge in [0.05, 0.1) is 19.8 Å². The van der Waals surface area contributed by atoms with Crippen molar-refractivity contribution < 1.29 is 24.2 Å². The molecular weight excluding hydrogens is 224 g/mol. The molecule has 1 unspecified atom stereocenters. The van der Waals surface area contributed by atoms with Gasteiger partial charge in [-0.2, -0.15) is 0 Å². The number of carboxylic acid groups (broad SMARTS) is 1. The van der Waals surface area contributed by atoms with E-state index < -0.39 is 11.9 Å². The lowest BCUT2D eigenvalue weighted by Gasteiger charge is -2.19. The average Bonchev–Trinajstić information content (AvgIpc) is 2.34. The molecule has 5 heteroatoms. The second kappa shape index (κ2) is 5.72. The smallest absolute Gasteiger partial charge is 0.328 e. The van der Waals surface area contributed by atoms with Gasteiger partial charge in [-0.25, -0.2) is 9.59 Å². The highest BCUT2D eigenvalue weighted by atomic mass is 16.5. The van der Waals surface area contributed by atoms with Gasteiger partial charge in [0.2, 0.25) is 0 Å². The van der Waals surface area contributed by atoms with Gasteiger partial charge in [-0.05, 0) is 6.08 Å². The molecule has 0 bridgehead atoms. The summed E-state index contributed by atoms with van der Waals surface area (Å²) in [5, 5.41) is 8.54. The van der Waals surface area contributed by atoms with Gasteiger partial charge in [-0.15, -0.1) is 0 Å². The van der Waals surface area contributed by atoms with Crippen LogP contribution in [-0.2, 0) is 19.1 Å². The third-order valence-electron chi connectivity index (χ3n) is 2.24. The lowest BCUT2D eigenvalue weighted by molar-refractivity contribution is -0.131. The Bertz CT molecular complexity index is 450. The van der Waals surface area contributed by atoms with E-state index >= 15 is 0 Å². The van der Waals surface area contributed by atoms with Gasteiger partial charge in [0.25, 0.3) is 0 Å². The molecule has 5 nitrogen and oxygen atoms in total. The molecule has 1 atom stereocenters. The van der Waals surface area contributed by atoms with Crippen molar-refractivity contribution in [1.82, 2.24) is 0 Å². The number of rotatable bonds is 4. The number of ether oxygens (including phenoxy) is 2. The molecule has 0 aromatic heterocycles. The van der Waals surface area contributed by atoms with Crippen molar-refractivity contribution >= 4 is 11.9 Å². The summed E-state index contributed by atoms with van der Waals surface area (Å²) < 4.78 is 10.1. The van der Waals surface area contributed by atoms with E-state index in [0.29, 0.717) is 5.76 Å². The number of allylic oxidation sites excluding steroid dienone is 4. The maximum absolute atomic E-state index is 10.9. The van der Waals surface area contributed by atoms with Gasteiger partial charge in [0, 0.05) is 12.0 Å². The molecule has 0 aromatic rings. The third kappa shape index (κ3) is 2.86. The predicted molar refractivity (Wildman–Crippen MR) is 59.7 cm³/mol. The summed E-state index contributed by atoms with van der Waals surface area (Å²) in [6.45, 7) is 0. The van der Waals surface area contributed by atoms with E-state index in [-0.39, 0.29) is 11.3 Å². The molecule has 0 radical (unpaired) electrons. The minimum atomic E-state index is -1.08. The number of aliphatic carboxylic acids is 1. The minimum Gasteiger partial charge on any atom is -0.493 e. The van der Waals surface area contributed by atoms with Crippen molar-refractivity contribution in [2.75, 3.05) is 14.2 Å². The van der Waals surface area contributed by atoms with E-state index in [1.54, 1.807) is 18.1 Å². The fourth-order valence-corrected chi connectivity index (χ4v) is 1.48. The van der Waals surface area contributed by atoms with Gasteiger partial charge in [0.15, 0.2) is 11.5 Å². The van der Waals surface area contributed by atoms with E-state index in [2.05, 4.69) is 0 Å². The Morgan fingerprint density at radius 3 is 2.65 bits per heavy atom. The van der Waals surface area contributed by atoms with E-state index in [1.807, 2.05) is 0 Å². The molecule has 90 valence electrons. The molecular formula is C12H12O5. The summed E-state index contributed by atoms with van der Waals surface area (Å²) in [6.07, 6.45) is 5.61. The lowest BCUT2D eigenvalue weighted by Crippen LogP contribution is -2.11. The summed E-state index contributed by atoms with van der Waals surface area (Å²) in [7, 11) is 2.86. The molecule has 0 aliphatic heterocycles. The number of hydrogen-bond donors (Lipinski definition) is 1. The molecule has 1 N–H and O–H groups in total. The molecule has 1 aliphatic carbocycles. The summed E-state index contributed by atoms with van der Waals surface area (Å²) in [6, 6.07) is 0. The molecule has 0 amide bonds. The quantitative estimate of drug-likeness (QED) is 0.584. The van der Waals surface area contributed by atoms with E-state index in [0.717, 1.165) is 6.08 Å². The second-order valence-electron chi connectivity index (χ2n) is 3.20. The maximum Gasteiger partial charge on any atom is 0.328 e. The van der Waals surface area contributed by atoms with E-state index in [9.17, 15) is 9.59 Å². The SMILES string of the molecule is COC1=C(OC)C(=C=O)C(C=CC(=O)O)C=C1. The highest BCUT2D eigenvalue weighted by Crippen LogP contribution is 2.29. The Hall–Kier alpha value is -2.26. The molecule has 17 heavy (non-hydrogen) atoms. The van der Waals surface area contributed by atoms with Gasteiger partial charge in [-0.3, -0.25) is 0 Å². The van der Waals surface area contributed by atoms with Crippen molar-refractivity contribution in [2.45, 2.75) is 0 Å². The van der Waals surface area contributed by atoms with Crippen LogP contribution in [0, 0.1) is 5.92 Å². The predicted octanol–water partition coefficient (Wildman–Crippen LogP) is 1.08. The van der Waals surface area contributed by atoms with Crippen LogP contribution in [0.4, 0.5) is 0 Å². The van der Waals surface area contributed by atoms with Crippen LogP contribution in [-0.4, -0.2) is 31.2 Å². The van der Waals surface area contributed by atoms with Gasteiger partial charge in [-0.1, -0.05) is 12.2 Å². The van der Waals surface area contributed by atoms with Gasteiger partial charge < -0.3 is 14.6 Å². The van der Waals surface area contributed by atoms with Gasteiger partial charge >= 0.3 is 5.97 Å². The van der Waals surface area contributed by atoms with Crippen LogP contribution in [0.2, 0.25) is 0 Å². The Morgan fingerprint density at radius 2 is 2.18 bits per heavy atom. The molecule has 0 fully saturated rings. The van der Waals surface area contributed by atoms with Crippen molar-refractivity contribution in [3.63, 3.8) is 0 Å². The number of carboxylic acids is 1. The van der Waals surface area contributed by atoms with Crippen LogP contribution in [0.5, 0.6) is 0 Å². The molecule has 1 rings (SSSR count). The Kier molecular flexibility index (Phi) is 4.31. The van der Waals surface area contributed by atoms with E-state index in [4.69, 9.17) is 14.6 Å². The van der Waals surface area contributed by atoms with Gasteiger partial charge in [0.1, 0.15) is 5.94 Å². The van der Waals surface area contributed by atoms with Crippen LogP contribution in [0.1, 0.15) is 0 Å². The van der Waals surface area contributed by atoms with Crippen molar-refractivity contribution in [3.05, 3.63) is 41.4 Å². The van der Waals surface area contributed by atoms with Crippen molar-refractivity contribution in [1.29, 1.82) is 0 Å². The number of methoxy groups -OCH3 is 2. The fourth-order valence-electron chi connectivity index (χ4n) is 1.48. The standard InChI is InChI=1S/C12H12O5/c1-16-10-5-3-8(4-6-11(14)15)9(7-13)12(10)17-2/h3-6,8H,1-2H3,(H,14,15). The third-order valence-corrected chi connectivity index (χ3v) is 2.24. The Morgan fingerprint density at radius 1 is 1.47 bits per heavy atom. The normalized spacial score (nSPS) is 19.4. The average molecular weight is 236 g/mol. The fraction of sp³-hybridized carbons (Fsp3) is 0.250. The van der Waals surface area contributed by atoms with Crippen molar-refractivity contribution in [3.8, 4) is 0 Å². The summed E-state index contributed by atoms with van der Waals surface area (Å²) in [5.74, 6) is 0.874. The van der Waals surface area contributed by atoms with Crippen LogP contribution < -0.4 is 0 Å². The highest BCUT2D eigenvalue weighted by Gasteiger charge is 2.23. The summed E-state index contributed by atoms with van der Waals surface area (Å²) >= 11 is 0. The Balaban J connectivity index is 3.10. The zero-order valence-electron chi connectivity index (χ0n) is 9.47. The second-order valence-corrected chi connectivity index (χ2v) is 3.20. The topological polar surface area (TPSA) is 72.8 Å². The molecule has 1 aliphatic rings. The first-order chi connectivity index (χ1) is 8.13. The monoisotopic (exact) mass is 236 g/mol. The first-order valence-corrected chi connectivity index (χ1v) is 4.81. The molecule has 0 saturated heterocycles. The van der Waals surface area contributed by atoms with Crippen LogP contribution in [0.25, 0.3) is 0 Å². The minimum absolute atomic E-state index is 0.212. The largest absolute Gasteiger partial charge is 0.493 e. The maximum atomic E-state index is 10.9. The molecule has 0 saturated carbocycles. The first-order valence-electron chi connectivity index (χ1n) is 4.81. The molecule has 0 heterocycles. The van der Waals surface area contributed by atoms with Crippen LogP contribution in [0.3, 0.4) is 0 Å².